The second-order valence-electron chi connectivity index (χ2n) is 5.45. The molecule has 1 aromatic carbocycles. The first-order valence-corrected chi connectivity index (χ1v) is 9.79. The Kier molecular flexibility index (Phi) is 5.55. The van der Waals surface area contributed by atoms with Crippen LogP contribution in [0.5, 0.6) is 0 Å². The first-order valence-electron chi connectivity index (χ1n) is 6.71. The predicted molar refractivity (Wildman–Crippen MR) is 83.3 cm³/mol. The van der Waals surface area contributed by atoms with Crippen molar-refractivity contribution in [3.8, 4) is 0 Å². The summed E-state index contributed by atoms with van der Waals surface area (Å²) in [4.78, 5) is 11.9. The summed E-state index contributed by atoms with van der Waals surface area (Å²) in [6.07, 6.45) is 4.21. The number of rotatable bonds is 5. The highest BCUT2D eigenvalue weighted by Gasteiger charge is 2.38. The third-order valence-electron chi connectivity index (χ3n) is 3.86. The highest BCUT2D eigenvalue weighted by Crippen LogP contribution is 2.32. The Labute approximate surface area is 117 Å². The fourth-order valence-corrected chi connectivity index (χ4v) is 6.13. The van der Waals surface area contributed by atoms with Crippen LogP contribution in [0.2, 0.25) is 18.6 Å². The van der Waals surface area contributed by atoms with Gasteiger partial charge in [0.25, 0.3) is 0 Å². The van der Waals surface area contributed by atoms with Crippen molar-refractivity contribution in [3.05, 3.63) is 42.5 Å². The molecule has 1 aromatic rings. The van der Waals surface area contributed by atoms with Gasteiger partial charge in [-0.05, 0) is 12.5 Å². The van der Waals surface area contributed by atoms with E-state index in [9.17, 15) is 4.79 Å². The van der Waals surface area contributed by atoms with E-state index in [0.29, 0.717) is 0 Å². The van der Waals surface area contributed by atoms with Crippen LogP contribution < -0.4 is 5.19 Å². The number of allylic oxidation sites excluding steroid dienone is 2. The molecule has 0 saturated carbocycles. The van der Waals surface area contributed by atoms with Crippen molar-refractivity contribution in [3.63, 3.8) is 0 Å². The standard InChI is InChI=1S/C16H24O2Si/c1-6-10-15(13(2)16(17)18-3)19(4,5)14-11-8-7-9-12-14/h6-13,15H,1-5H3/b10-6+/t13-,15+/m0/s1. The van der Waals surface area contributed by atoms with Gasteiger partial charge in [-0.25, -0.2) is 0 Å². The molecule has 0 aliphatic heterocycles. The summed E-state index contributed by atoms with van der Waals surface area (Å²) in [5.74, 6) is -0.234. The van der Waals surface area contributed by atoms with Crippen LogP contribution in [0.4, 0.5) is 0 Å². The molecule has 2 atom stereocenters. The van der Waals surface area contributed by atoms with Crippen LogP contribution in [0.3, 0.4) is 0 Å². The molecular formula is C16H24O2Si. The maximum Gasteiger partial charge on any atom is 0.308 e. The number of esters is 1. The molecule has 0 aliphatic carbocycles. The molecule has 0 radical (unpaired) electrons. The summed E-state index contributed by atoms with van der Waals surface area (Å²) in [5.41, 5.74) is 0.243. The minimum absolute atomic E-state index is 0.108. The van der Waals surface area contributed by atoms with Crippen molar-refractivity contribution in [2.24, 2.45) is 5.92 Å². The number of carbonyl (C=O) groups excluding carboxylic acids is 1. The molecule has 0 amide bonds. The van der Waals surface area contributed by atoms with Crippen LogP contribution in [0.1, 0.15) is 13.8 Å². The molecule has 3 heteroatoms. The Hall–Kier alpha value is -1.35. The third kappa shape index (κ3) is 3.57. The van der Waals surface area contributed by atoms with E-state index in [-0.39, 0.29) is 17.4 Å². The van der Waals surface area contributed by atoms with Crippen LogP contribution in [0.25, 0.3) is 0 Å². The zero-order valence-electron chi connectivity index (χ0n) is 12.5. The van der Waals surface area contributed by atoms with Gasteiger partial charge in [-0.1, -0.05) is 67.7 Å². The van der Waals surface area contributed by atoms with Crippen LogP contribution in [0, 0.1) is 5.92 Å². The largest absolute Gasteiger partial charge is 0.469 e. The van der Waals surface area contributed by atoms with Gasteiger partial charge in [0, 0.05) is 0 Å². The molecule has 0 aliphatic rings. The second-order valence-corrected chi connectivity index (χ2v) is 10.1. The molecule has 0 spiro atoms. The van der Waals surface area contributed by atoms with Crippen molar-refractivity contribution in [1.29, 1.82) is 0 Å². The molecule has 0 unspecified atom stereocenters. The molecule has 19 heavy (non-hydrogen) atoms. The quantitative estimate of drug-likeness (QED) is 0.468. The Morgan fingerprint density at radius 1 is 1.26 bits per heavy atom. The molecular weight excluding hydrogens is 252 g/mol. The van der Waals surface area contributed by atoms with Crippen LogP contribution in [0.15, 0.2) is 42.5 Å². The van der Waals surface area contributed by atoms with Crippen LogP contribution >= 0.6 is 0 Å². The Balaban J connectivity index is 3.14. The number of ether oxygens (including phenoxy) is 1. The van der Waals surface area contributed by atoms with Gasteiger partial charge >= 0.3 is 5.97 Å². The highest BCUT2D eigenvalue weighted by molar-refractivity contribution is 6.91. The minimum Gasteiger partial charge on any atom is -0.469 e. The predicted octanol–water partition coefficient (Wildman–Crippen LogP) is 3.36. The lowest BCUT2D eigenvalue weighted by atomic mass is 10.1. The fraction of sp³-hybridized carbons (Fsp3) is 0.438. The van der Waals surface area contributed by atoms with Crippen molar-refractivity contribution in [1.82, 2.24) is 0 Å². The number of hydrogen-bond acceptors (Lipinski definition) is 2. The van der Waals surface area contributed by atoms with Gasteiger partial charge in [0.15, 0.2) is 0 Å². The van der Waals surface area contributed by atoms with E-state index in [2.05, 4.69) is 43.4 Å². The maximum atomic E-state index is 11.9. The molecule has 0 saturated heterocycles. The first kappa shape index (κ1) is 15.7. The van der Waals surface area contributed by atoms with Gasteiger partial charge in [-0.3, -0.25) is 4.79 Å². The SMILES string of the molecule is C/C=C/[C@H]([C@H](C)C(=O)OC)[Si](C)(C)c1ccccc1. The van der Waals surface area contributed by atoms with Crippen LogP contribution in [-0.4, -0.2) is 21.2 Å². The molecule has 0 heterocycles. The second kappa shape index (κ2) is 6.71. The molecule has 0 aromatic heterocycles. The molecule has 0 bridgehead atoms. The fourth-order valence-electron chi connectivity index (χ4n) is 2.63. The van der Waals surface area contributed by atoms with Gasteiger partial charge in [-0.2, -0.15) is 0 Å². The Morgan fingerprint density at radius 2 is 1.84 bits per heavy atom. The number of hydrogen-bond donors (Lipinski definition) is 0. The van der Waals surface area contributed by atoms with Gasteiger partial charge in [0.1, 0.15) is 0 Å². The van der Waals surface area contributed by atoms with E-state index in [0.717, 1.165) is 0 Å². The van der Waals surface area contributed by atoms with Crippen LogP contribution in [-0.2, 0) is 9.53 Å². The average molecular weight is 276 g/mol. The summed E-state index contributed by atoms with van der Waals surface area (Å²) in [6, 6.07) is 10.5. The molecule has 104 valence electrons. The van der Waals surface area contributed by atoms with Crippen molar-refractivity contribution < 1.29 is 9.53 Å². The monoisotopic (exact) mass is 276 g/mol. The number of benzene rings is 1. The summed E-state index contributed by atoms with van der Waals surface area (Å²) in [7, 11) is -0.299. The summed E-state index contributed by atoms with van der Waals surface area (Å²) in [5, 5.41) is 1.37. The number of methoxy groups -OCH3 is 1. The van der Waals surface area contributed by atoms with E-state index in [4.69, 9.17) is 4.74 Å². The summed E-state index contributed by atoms with van der Waals surface area (Å²) in [6.45, 7) is 8.60. The Morgan fingerprint density at radius 3 is 2.32 bits per heavy atom. The van der Waals surface area contributed by atoms with Gasteiger partial charge in [0.05, 0.1) is 21.1 Å². The highest BCUT2D eigenvalue weighted by atomic mass is 28.3. The molecule has 0 N–H and O–H groups in total. The van der Waals surface area contributed by atoms with E-state index in [1.165, 1.54) is 12.3 Å². The van der Waals surface area contributed by atoms with Gasteiger partial charge < -0.3 is 4.74 Å². The van der Waals surface area contributed by atoms with Crippen molar-refractivity contribution >= 4 is 19.2 Å². The summed E-state index contributed by atoms with van der Waals surface area (Å²) < 4.78 is 4.92. The zero-order valence-corrected chi connectivity index (χ0v) is 13.5. The minimum atomic E-state index is -1.76. The maximum absolute atomic E-state index is 11.9. The van der Waals surface area contributed by atoms with Crippen molar-refractivity contribution in [2.45, 2.75) is 32.5 Å². The lowest BCUT2D eigenvalue weighted by molar-refractivity contribution is -0.144. The van der Waals surface area contributed by atoms with Gasteiger partial charge in [-0.15, -0.1) is 0 Å². The van der Waals surface area contributed by atoms with Crippen molar-refractivity contribution in [2.75, 3.05) is 7.11 Å². The first-order chi connectivity index (χ1) is 8.95. The topological polar surface area (TPSA) is 26.3 Å². The van der Waals surface area contributed by atoms with E-state index in [1.807, 2.05) is 26.0 Å². The smallest absolute Gasteiger partial charge is 0.308 e. The van der Waals surface area contributed by atoms with E-state index < -0.39 is 8.07 Å². The average Bonchev–Trinajstić information content (AvgIpc) is 2.43. The normalized spacial score (nSPS) is 15.2. The zero-order chi connectivity index (χ0) is 14.5. The molecule has 2 nitrogen and oxygen atoms in total. The third-order valence-corrected chi connectivity index (χ3v) is 8.04. The molecule has 0 fully saturated rings. The lowest BCUT2D eigenvalue weighted by Crippen LogP contribution is -2.48. The number of carbonyl (C=O) groups is 1. The van der Waals surface area contributed by atoms with E-state index in [1.54, 1.807) is 0 Å². The van der Waals surface area contributed by atoms with Gasteiger partial charge in [0.2, 0.25) is 0 Å². The lowest BCUT2D eigenvalue weighted by Gasteiger charge is -2.34. The summed E-state index contributed by atoms with van der Waals surface area (Å²) >= 11 is 0. The Bertz CT molecular complexity index is 437. The molecule has 1 rings (SSSR count). The van der Waals surface area contributed by atoms with E-state index >= 15 is 0 Å².